The number of furan rings is 1. The van der Waals surface area contributed by atoms with Gasteiger partial charge in [-0.2, -0.15) is 0 Å². The van der Waals surface area contributed by atoms with Crippen molar-refractivity contribution in [2.24, 2.45) is 0 Å². The normalized spacial score (nSPS) is 11.6. The maximum absolute atomic E-state index is 12.3. The Morgan fingerprint density at radius 1 is 1.26 bits per heavy atom. The fourth-order valence-electron chi connectivity index (χ4n) is 2.41. The highest BCUT2D eigenvalue weighted by atomic mass is 35.5. The molecule has 0 bridgehead atoms. The van der Waals surface area contributed by atoms with Gasteiger partial charge in [-0.25, -0.2) is 0 Å². The first-order chi connectivity index (χ1) is 12.9. The number of thioether (sulfide) groups is 1. The molecule has 1 amide bonds. The van der Waals surface area contributed by atoms with Crippen LogP contribution in [0.3, 0.4) is 0 Å². The molecule has 2 aromatic heterocycles. The summed E-state index contributed by atoms with van der Waals surface area (Å²) in [4.78, 5) is 12.3. The molecule has 142 valence electrons. The Bertz CT molecular complexity index is 922. The van der Waals surface area contributed by atoms with Gasteiger partial charge < -0.3 is 9.73 Å². The van der Waals surface area contributed by atoms with Crippen molar-refractivity contribution in [2.45, 2.75) is 37.9 Å². The Kier molecular flexibility index (Phi) is 5.92. The molecule has 0 atom stereocenters. The summed E-state index contributed by atoms with van der Waals surface area (Å²) in [5, 5.41) is 12.7. The van der Waals surface area contributed by atoms with E-state index in [1.54, 1.807) is 18.4 Å². The minimum absolute atomic E-state index is 0.0555. The molecule has 0 saturated carbocycles. The van der Waals surface area contributed by atoms with Gasteiger partial charge in [0.15, 0.2) is 10.9 Å². The van der Waals surface area contributed by atoms with Gasteiger partial charge in [0.1, 0.15) is 0 Å². The molecule has 0 saturated heterocycles. The molecule has 0 aliphatic rings. The highest BCUT2D eigenvalue weighted by Gasteiger charge is 2.22. The first kappa shape index (κ1) is 19.5. The number of aromatic nitrogens is 3. The average molecular weight is 405 g/mol. The van der Waals surface area contributed by atoms with Crippen LogP contribution in [0.5, 0.6) is 0 Å². The molecule has 0 fully saturated rings. The molecular weight excluding hydrogens is 384 g/mol. The van der Waals surface area contributed by atoms with E-state index in [0.717, 1.165) is 12.1 Å². The summed E-state index contributed by atoms with van der Waals surface area (Å²) in [6, 6.07) is 11.0. The Labute approximate surface area is 167 Å². The van der Waals surface area contributed by atoms with Crippen LogP contribution in [0.15, 0.2) is 52.2 Å². The molecule has 0 spiro atoms. The summed E-state index contributed by atoms with van der Waals surface area (Å²) < 4.78 is 7.30. The average Bonchev–Trinajstić information content (AvgIpc) is 3.29. The van der Waals surface area contributed by atoms with E-state index in [1.165, 1.54) is 11.8 Å². The second kappa shape index (κ2) is 8.19. The second-order valence-electron chi connectivity index (χ2n) is 6.64. The van der Waals surface area contributed by atoms with E-state index in [4.69, 9.17) is 16.0 Å². The van der Waals surface area contributed by atoms with Gasteiger partial charge in [-0.05, 0) is 44.5 Å². The summed E-state index contributed by atoms with van der Waals surface area (Å²) >= 11 is 7.70. The van der Waals surface area contributed by atoms with Crippen LogP contribution in [0.2, 0.25) is 5.02 Å². The van der Waals surface area contributed by atoms with Crippen LogP contribution in [0.4, 0.5) is 0 Å². The van der Waals surface area contributed by atoms with Crippen LogP contribution in [0, 0.1) is 0 Å². The third kappa shape index (κ3) is 4.54. The molecule has 1 N–H and O–H groups in total. The third-order valence-corrected chi connectivity index (χ3v) is 5.41. The van der Waals surface area contributed by atoms with Crippen molar-refractivity contribution in [3.8, 4) is 17.3 Å². The zero-order chi connectivity index (χ0) is 19.4. The largest absolute Gasteiger partial charge is 0.461 e. The van der Waals surface area contributed by atoms with Crippen LogP contribution in [-0.4, -0.2) is 32.0 Å². The zero-order valence-electron chi connectivity index (χ0n) is 15.4. The van der Waals surface area contributed by atoms with Crippen molar-refractivity contribution in [3.05, 3.63) is 47.7 Å². The highest BCUT2D eigenvalue weighted by Crippen LogP contribution is 2.31. The topological polar surface area (TPSA) is 73.0 Å². The van der Waals surface area contributed by atoms with Crippen molar-refractivity contribution in [3.63, 3.8) is 0 Å². The first-order valence-corrected chi connectivity index (χ1v) is 9.95. The minimum atomic E-state index is -0.243. The van der Waals surface area contributed by atoms with Crippen LogP contribution in [0.1, 0.15) is 27.2 Å². The number of amides is 1. The van der Waals surface area contributed by atoms with E-state index in [2.05, 4.69) is 15.5 Å². The lowest BCUT2D eigenvalue weighted by Gasteiger charge is -2.24. The molecular formula is C19H21ClN4O2S. The number of benzene rings is 1. The molecule has 2 heterocycles. The Morgan fingerprint density at radius 2 is 2.04 bits per heavy atom. The summed E-state index contributed by atoms with van der Waals surface area (Å²) in [7, 11) is 0. The summed E-state index contributed by atoms with van der Waals surface area (Å²) in [6.07, 6.45) is 2.43. The number of carbonyl (C=O) groups is 1. The molecule has 0 aliphatic heterocycles. The van der Waals surface area contributed by atoms with Crippen LogP contribution < -0.4 is 5.32 Å². The Hall–Kier alpha value is -2.25. The summed E-state index contributed by atoms with van der Waals surface area (Å²) in [5.41, 5.74) is 0.486. The number of hydrogen-bond donors (Lipinski definition) is 1. The lowest BCUT2D eigenvalue weighted by atomic mass is 10.0. The molecule has 8 heteroatoms. The maximum Gasteiger partial charge on any atom is 0.230 e. The van der Waals surface area contributed by atoms with Crippen molar-refractivity contribution in [2.75, 3.05) is 5.75 Å². The number of nitrogens with zero attached hydrogens (tertiary/aromatic N) is 3. The summed E-state index contributed by atoms with van der Waals surface area (Å²) in [6.45, 7) is 6.03. The van der Waals surface area contributed by atoms with Gasteiger partial charge in [0.25, 0.3) is 0 Å². The summed E-state index contributed by atoms with van der Waals surface area (Å²) in [5.74, 6) is 1.28. The maximum atomic E-state index is 12.3. The van der Waals surface area contributed by atoms with Gasteiger partial charge in [0.2, 0.25) is 11.7 Å². The molecule has 6 nitrogen and oxygen atoms in total. The van der Waals surface area contributed by atoms with Gasteiger partial charge in [-0.1, -0.05) is 42.4 Å². The van der Waals surface area contributed by atoms with Crippen molar-refractivity contribution >= 4 is 29.3 Å². The van der Waals surface area contributed by atoms with Crippen LogP contribution >= 0.6 is 23.4 Å². The molecule has 3 rings (SSSR count). The number of para-hydroxylation sites is 1. The van der Waals surface area contributed by atoms with E-state index in [1.807, 2.05) is 49.6 Å². The van der Waals surface area contributed by atoms with E-state index in [0.29, 0.717) is 21.8 Å². The Morgan fingerprint density at radius 3 is 2.70 bits per heavy atom. The van der Waals surface area contributed by atoms with Gasteiger partial charge >= 0.3 is 0 Å². The number of carbonyl (C=O) groups excluding carboxylic acids is 1. The minimum Gasteiger partial charge on any atom is -0.461 e. The highest BCUT2D eigenvalue weighted by molar-refractivity contribution is 7.99. The third-order valence-electron chi connectivity index (χ3n) is 4.16. The van der Waals surface area contributed by atoms with Gasteiger partial charge in [0.05, 0.1) is 22.7 Å². The van der Waals surface area contributed by atoms with Crippen LogP contribution in [0.25, 0.3) is 17.3 Å². The quantitative estimate of drug-likeness (QED) is 0.583. The SMILES string of the molecule is CCC(C)(C)NC(=O)CSc1nnc(-c2ccco2)n1-c1ccccc1Cl. The zero-order valence-corrected chi connectivity index (χ0v) is 17.0. The predicted octanol–water partition coefficient (Wildman–Crippen LogP) is 4.58. The monoisotopic (exact) mass is 404 g/mol. The number of hydrogen-bond acceptors (Lipinski definition) is 5. The lowest BCUT2D eigenvalue weighted by Crippen LogP contribution is -2.43. The molecule has 0 radical (unpaired) electrons. The molecule has 0 unspecified atom stereocenters. The van der Waals surface area contributed by atoms with Gasteiger partial charge in [0, 0.05) is 5.54 Å². The van der Waals surface area contributed by atoms with Crippen molar-refractivity contribution in [1.29, 1.82) is 0 Å². The smallest absolute Gasteiger partial charge is 0.230 e. The Balaban J connectivity index is 1.90. The predicted molar refractivity (Wildman–Crippen MR) is 107 cm³/mol. The fraction of sp³-hybridized carbons (Fsp3) is 0.316. The first-order valence-electron chi connectivity index (χ1n) is 8.59. The molecule has 27 heavy (non-hydrogen) atoms. The van der Waals surface area contributed by atoms with Crippen molar-refractivity contribution < 1.29 is 9.21 Å². The second-order valence-corrected chi connectivity index (χ2v) is 7.99. The molecule has 0 aliphatic carbocycles. The van der Waals surface area contributed by atoms with Crippen LogP contribution in [-0.2, 0) is 4.79 Å². The fourth-order valence-corrected chi connectivity index (χ4v) is 3.38. The van der Waals surface area contributed by atoms with E-state index in [-0.39, 0.29) is 17.2 Å². The molecule has 1 aromatic carbocycles. The van der Waals surface area contributed by atoms with E-state index >= 15 is 0 Å². The van der Waals surface area contributed by atoms with Gasteiger partial charge in [-0.15, -0.1) is 10.2 Å². The van der Waals surface area contributed by atoms with Crippen molar-refractivity contribution in [1.82, 2.24) is 20.1 Å². The van der Waals surface area contributed by atoms with E-state index in [9.17, 15) is 4.79 Å². The van der Waals surface area contributed by atoms with Gasteiger partial charge in [-0.3, -0.25) is 9.36 Å². The number of halogens is 1. The number of rotatable bonds is 7. The molecule has 3 aromatic rings. The standard InChI is InChI=1S/C19H21ClN4O2S/c1-4-19(2,3)21-16(25)12-27-18-23-22-17(15-10-7-11-26-15)24(18)14-9-6-5-8-13(14)20/h5-11H,4,12H2,1-3H3,(H,21,25). The lowest BCUT2D eigenvalue weighted by molar-refractivity contribution is -0.120. The number of nitrogens with one attached hydrogen (secondary N) is 1. The van der Waals surface area contributed by atoms with E-state index < -0.39 is 0 Å².